The topological polar surface area (TPSA) is 21.3 Å². The zero-order chi connectivity index (χ0) is 9.52. The van der Waals surface area contributed by atoms with Crippen LogP contribution < -0.4 is 5.48 Å². The van der Waals surface area contributed by atoms with Gasteiger partial charge < -0.3 is 4.84 Å². The third-order valence-corrected chi connectivity index (χ3v) is 2.02. The van der Waals surface area contributed by atoms with Gasteiger partial charge in [0.25, 0.3) is 0 Å². The Hall–Kier alpha value is -0.570. The lowest BCUT2D eigenvalue weighted by Gasteiger charge is -2.01. The molecule has 1 aromatic rings. The molecule has 0 aromatic heterocycles. The van der Waals surface area contributed by atoms with Gasteiger partial charge in [-0.2, -0.15) is 0 Å². The van der Waals surface area contributed by atoms with Crippen molar-refractivity contribution in [2.24, 2.45) is 0 Å². The molecule has 0 saturated heterocycles. The minimum absolute atomic E-state index is 0.735. The Morgan fingerprint density at radius 3 is 2.62 bits per heavy atom. The minimum Gasteiger partial charge on any atom is -0.302 e. The summed E-state index contributed by atoms with van der Waals surface area (Å²) in [6.45, 7) is 0.735. The Morgan fingerprint density at radius 2 is 2.00 bits per heavy atom. The number of hydroxylamine groups is 1. The van der Waals surface area contributed by atoms with E-state index in [-0.39, 0.29) is 0 Å². The van der Waals surface area contributed by atoms with Crippen molar-refractivity contribution in [3.63, 3.8) is 0 Å². The molecule has 0 atom stereocenters. The summed E-state index contributed by atoms with van der Waals surface area (Å²) < 4.78 is 0. The first-order valence-corrected chi connectivity index (χ1v) is 4.73. The highest BCUT2D eigenvalue weighted by Crippen LogP contribution is 2.10. The molecular weight excluding hydrogens is 186 g/mol. The fraction of sp³-hybridized carbons (Fsp3) is 0.400. The van der Waals surface area contributed by atoms with Gasteiger partial charge >= 0.3 is 0 Å². The first-order chi connectivity index (χ1) is 6.33. The fourth-order valence-electron chi connectivity index (χ4n) is 1.10. The van der Waals surface area contributed by atoms with Gasteiger partial charge in [0.2, 0.25) is 0 Å². The molecule has 0 heterocycles. The van der Waals surface area contributed by atoms with Crippen molar-refractivity contribution in [1.82, 2.24) is 5.48 Å². The molecule has 2 nitrogen and oxygen atoms in total. The largest absolute Gasteiger partial charge is 0.302 e. The first kappa shape index (κ1) is 10.5. The van der Waals surface area contributed by atoms with Crippen molar-refractivity contribution in [2.45, 2.75) is 12.8 Å². The summed E-state index contributed by atoms with van der Waals surface area (Å²) in [4.78, 5) is 5.00. The average molecular weight is 200 g/mol. The highest BCUT2D eigenvalue weighted by molar-refractivity contribution is 6.30. The van der Waals surface area contributed by atoms with Crippen LogP contribution in [-0.4, -0.2) is 13.7 Å². The monoisotopic (exact) mass is 199 g/mol. The summed E-state index contributed by atoms with van der Waals surface area (Å²) in [5.74, 6) is 0. The zero-order valence-electron chi connectivity index (χ0n) is 7.72. The van der Waals surface area contributed by atoms with E-state index in [0.717, 1.165) is 24.5 Å². The molecule has 1 aromatic carbocycles. The Balaban J connectivity index is 2.25. The average Bonchev–Trinajstić information content (AvgIpc) is 2.15. The summed E-state index contributed by atoms with van der Waals surface area (Å²) >= 11 is 5.76. The number of benzene rings is 1. The van der Waals surface area contributed by atoms with Crippen molar-refractivity contribution < 1.29 is 4.84 Å². The second-order valence-corrected chi connectivity index (χ2v) is 3.22. The molecule has 0 spiro atoms. The summed E-state index contributed by atoms with van der Waals surface area (Å²) in [7, 11) is 1.77. The highest BCUT2D eigenvalue weighted by Gasteiger charge is 1.93. The van der Waals surface area contributed by atoms with Crippen molar-refractivity contribution in [3.05, 3.63) is 34.9 Å². The highest BCUT2D eigenvalue weighted by atomic mass is 35.5. The lowest BCUT2D eigenvalue weighted by molar-refractivity contribution is 0.0564. The predicted octanol–water partition coefficient (Wildman–Crippen LogP) is 2.42. The quantitative estimate of drug-likeness (QED) is 0.581. The second kappa shape index (κ2) is 5.97. The van der Waals surface area contributed by atoms with Crippen LogP contribution in [0.25, 0.3) is 0 Å². The van der Waals surface area contributed by atoms with E-state index in [0.29, 0.717) is 0 Å². The van der Waals surface area contributed by atoms with E-state index in [1.807, 2.05) is 24.3 Å². The second-order valence-electron chi connectivity index (χ2n) is 2.78. The predicted molar refractivity (Wildman–Crippen MR) is 54.8 cm³/mol. The molecule has 0 fully saturated rings. The van der Waals surface area contributed by atoms with Gasteiger partial charge in [-0.05, 0) is 30.5 Å². The van der Waals surface area contributed by atoms with E-state index in [9.17, 15) is 0 Å². The fourth-order valence-corrected chi connectivity index (χ4v) is 1.23. The van der Waals surface area contributed by atoms with E-state index < -0.39 is 0 Å². The Labute approximate surface area is 83.8 Å². The first-order valence-electron chi connectivity index (χ1n) is 4.36. The Kier molecular flexibility index (Phi) is 4.83. The van der Waals surface area contributed by atoms with Gasteiger partial charge in [-0.1, -0.05) is 23.7 Å². The van der Waals surface area contributed by atoms with Crippen LogP contribution in [0.1, 0.15) is 12.0 Å². The number of rotatable bonds is 5. The third-order valence-electron chi connectivity index (χ3n) is 1.77. The van der Waals surface area contributed by atoms with Crippen LogP contribution in [-0.2, 0) is 11.3 Å². The van der Waals surface area contributed by atoms with E-state index in [1.54, 1.807) is 7.05 Å². The smallest absolute Gasteiger partial charge is 0.0685 e. The number of aryl methyl sites for hydroxylation is 1. The normalized spacial score (nSPS) is 10.3. The van der Waals surface area contributed by atoms with Crippen molar-refractivity contribution in [1.29, 1.82) is 0 Å². The minimum atomic E-state index is 0.735. The molecule has 0 bridgehead atoms. The van der Waals surface area contributed by atoms with Gasteiger partial charge in [0.15, 0.2) is 0 Å². The molecule has 1 N–H and O–H groups in total. The molecule has 0 amide bonds. The van der Waals surface area contributed by atoms with Crippen molar-refractivity contribution in [3.8, 4) is 0 Å². The molecular formula is C10H14ClNO. The summed E-state index contributed by atoms with van der Waals surface area (Å²) in [5, 5.41) is 0.787. The molecule has 0 aliphatic rings. The van der Waals surface area contributed by atoms with Crippen LogP contribution in [0, 0.1) is 0 Å². The molecule has 1 rings (SSSR count). The maximum atomic E-state index is 5.76. The van der Waals surface area contributed by atoms with E-state index >= 15 is 0 Å². The van der Waals surface area contributed by atoms with Gasteiger partial charge in [0, 0.05) is 12.1 Å². The summed E-state index contributed by atoms with van der Waals surface area (Å²) in [6, 6.07) is 7.91. The van der Waals surface area contributed by atoms with Crippen LogP contribution in [0.5, 0.6) is 0 Å². The lowest BCUT2D eigenvalue weighted by atomic mass is 10.1. The van der Waals surface area contributed by atoms with Crippen molar-refractivity contribution in [2.75, 3.05) is 13.7 Å². The molecule has 72 valence electrons. The van der Waals surface area contributed by atoms with Crippen LogP contribution >= 0.6 is 11.6 Å². The SMILES string of the molecule is CNOCCCc1ccc(Cl)cc1. The molecule has 13 heavy (non-hydrogen) atoms. The molecule has 0 aliphatic heterocycles. The molecule has 0 radical (unpaired) electrons. The van der Waals surface area contributed by atoms with E-state index in [4.69, 9.17) is 16.4 Å². The maximum Gasteiger partial charge on any atom is 0.0685 e. The van der Waals surface area contributed by atoms with E-state index in [1.165, 1.54) is 5.56 Å². The van der Waals surface area contributed by atoms with Gasteiger partial charge in [0.1, 0.15) is 0 Å². The van der Waals surface area contributed by atoms with Crippen LogP contribution in [0.15, 0.2) is 24.3 Å². The Morgan fingerprint density at radius 1 is 1.31 bits per heavy atom. The van der Waals surface area contributed by atoms with Crippen molar-refractivity contribution >= 4 is 11.6 Å². The van der Waals surface area contributed by atoms with Crippen LogP contribution in [0.3, 0.4) is 0 Å². The number of hydrogen-bond donors (Lipinski definition) is 1. The van der Waals surface area contributed by atoms with Gasteiger partial charge in [0.05, 0.1) is 6.61 Å². The van der Waals surface area contributed by atoms with Crippen LogP contribution in [0.4, 0.5) is 0 Å². The number of nitrogens with one attached hydrogen (secondary N) is 1. The molecule has 3 heteroatoms. The molecule has 0 unspecified atom stereocenters. The maximum absolute atomic E-state index is 5.76. The summed E-state index contributed by atoms with van der Waals surface area (Å²) in [5.41, 5.74) is 3.94. The van der Waals surface area contributed by atoms with Crippen LogP contribution in [0.2, 0.25) is 5.02 Å². The number of halogens is 1. The molecule has 0 aliphatic carbocycles. The zero-order valence-corrected chi connectivity index (χ0v) is 8.47. The van der Waals surface area contributed by atoms with E-state index in [2.05, 4.69) is 5.48 Å². The Bertz CT molecular complexity index is 235. The number of hydrogen-bond acceptors (Lipinski definition) is 2. The van der Waals surface area contributed by atoms with Gasteiger partial charge in [-0.3, -0.25) is 0 Å². The lowest BCUT2D eigenvalue weighted by Crippen LogP contribution is -2.08. The summed E-state index contributed by atoms with van der Waals surface area (Å²) in [6.07, 6.45) is 2.04. The standard InChI is InChI=1S/C10H14ClNO/c1-12-13-8-2-3-9-4-6-10(11)7-5-9/h4-7,12H,2-3,8H2,1H3. The third kappa shape index (κ3) is 4.27. The van der Waals surface area contributed by atoms with Gasteiger partial charge in [-0.15, -0.1) is 0 Å². The molecule has 0 saturated carbocycles. The van der Waals surface area contributed by atoms with Gasteiger partial charge in [-0.25, -0.2) is 5.48 Å².